The number of carbonyl (C=O) groups excluding carboxylic acids is 1. The van der Waals surface area contributed by atoms with E-state index in [9.17, 15) is 4.79 Å². The topological polar surface area (TPSA) is 58.1 Å². The first kappa shape index (κ1) is 19.2. The maximum Gasteiger partial charge on any atom is 0.245 e. The van der Waals surface area contributed by atoms with Gasteiger partial charge in [0.15, 0.2) is 0 Å². The summed E-state index contributed by atoms with van der Waals surface area (Å²) in [6.45, 7) is 4.45. The standard InChI is InChI=1S/C19H26N4OS/c1-14-12-15(2)21-19(20-14)22-17(10-11-25-4)18(24)23(3)13-16-8-6-5-7-9-16/h5-9,12,17H,10-11,13H2,1-4H3,(H,20,21,22)/t17-/m0/s1. The lowest BCUT2D eigenvalue weighted by Gasteiger charge is -2.25. The van der Waals surface area contributed by atoms with Gasteiger partial charge in [0, 0.05) is 25.0 Å². The Kier molecular flexibility index (Phi) is 7.25. The molecule has 1 atom stereocenters. The maximum absolute atomic E-state index is 12.9. The fraction of sp³-hybridized carbons (Fsp3) is 0.421. The first-order chi connectivity index (χ1) is 12.0. The summed E-state index contributed by atoms with van der Waals surface area (Å²) in [6, 6.07) is 11.6. The van der Waals surface area contributed by atoms with Crippen LogP contribution in [0, 0.1) is 13.8 Å². The molecule has 0 fully saturated rings. The molecule has 1 aromatic carbocycles. The molecule has 0 spiro atoms. The minimum atomic E-state index is -0.331. The number of thioether (sulfide) groups is 1. The van der Waals surface area contributed by atoms with Crippen molar-refractivity contribution >= 4 is 23.6 Å². The van der Waals surface area contributed by atoms with E-state index in [-0.39, 0.29) is 11.9 Å². The highest BCUT2D eigenvalue weighted by Crippen LogP contribution is 2.12. The summed E-state index contributed by atoms with van der Waals surface area (Å²) in [5.41, 5.74) is 2.90. The molecule has 2 rings (SSSR count). The molecule has 5 nitrogen and oxygen atoms in total. The first-order valence-electron chi connectivity index (χ1n) is 8.36. The first-order valence-corrected chi connectivity index (χ1v) is 9.75. The highest BCUT2D eigenvalue weighted by molar-refractivity contribution is 7.98. The number of nitrogens with zero attached hydrogens (tertiary/aromatic N) is 3. The lowest BCUT2D eigenvalue weighted by Crippen LogP contribution is -2.41. The lowest BCUT2D eigenvalue weighted by atomic mass is 10.1. The van der Waals surface area contributed by atoms with Gasteiger partial charge < -0.3 is 10.2 Å². The molecule has 6 heteroatoms. The number of rotatable bonds is 8. The number of likely N-dealkylation sites (N-methyl/N-ethyl adjacent to an activating group) is 1. The van der Waals surface area contributed by atoms with Gasteiger partial charge in [-0.3, -0.25) is 4.79 Å². The Balaban J connectivity index is 2.10. The van der Waals surface area contributed by atoms with Crippen LogP contribution in [0.2, 0.25) is 0 Å². The Labute approximate surface area is 154 Å². The summed E-state index contributed by atoms with van der Waals surface area (Å²) in [4.78, 5) is 23.5. The Morgan fingerprint density at radius 1 is 1.20 bits per heavy atom. The van der Waals surface area contributed by atoms with Crippen molar-refractivity contribution in [2.75, 3.05) is 24.4 Å². The molecule has 25 heavy (non-hydrogen) atoms. The predicted octanol–water partition coefficient (Wildman–Crippen LogP) is 3.29. The number of hydrogen-bond donors (Lipinski definition) is 1. The van der Waals surface area contributed by atoms with Gasteiger partial charge in [0.2, 0.25) is 11.9 Å². The monoisotopic (exact) mass is 358 g/mol. The third-order valence-corrected chi connectivity index (χ3v) is 4.48. The molecule has 0 unspecified atom stereocenters. The number of carbonyl (C=O) groups is 1. The van der Waals surface area contributed by atoms with E-state index >= 15 is 0 Å². The molecular formula is C19H26N4OS. The Hall–Kier alpha value is -2.08. The smallest absolute Gasteiger partial charge is 0.245 e. The highest BCUT2D eigenvalue weighted by Gasteiger charge is 2.23. The molecule has 0 aliphatic heterocycles. The van der Waals surface area contributed by atoms with Crippen LogP contribution in [0.15, 0.2) is 36.4 Å². The Morgan fingerprint density at radius 3 is 2.44 bits per heavy atom. The number of aryl methyl sites for hydroxylation is 2. The third-order valence-electron chi connectivity index (χ3n) is 3.83. The maximum atomic E-state index is 12.9. The number of aromatic nitrogens is 2. The summed E-state index contributed by atoms with van der Waals surface area (Å²) in [5, 5.41) is 3.24. The van der Waals surface area contributed by atoms with Crippen LogP contribution in [0.25, 0.3) is 0 Å². The van der Waals surface area contributed by atoms with E-state index in [0.29, 0.717) is 12.5 Å². The molecule has 1 heterocycles. The van der Waals surface area contributed by atoms with Crippen LogP contribution < -0.4 is 5.32 Å². The van der Waals surface area contributed by atoms with Gasteiger partial charge in [-0.2, -0.15) is 11.8 Å². The molecule has 1 amide bonds. The van der Waals surface area contributed by atoms with Crippen molar-refractivity contribution in [1.29, 1.82) is 0 Å². The molecule has 134 valence electrons. The van der Waals surface area contributed by atoms with Gasteiger partial charge in [-0.15, -0.1) is 0 Å². The highest BCUT2D eigenvalue weighted by atomic mass is 32.2. The SMILES string of the molecule is CSCC[C@H](Nc1nc(C)cc(C)n1)C(=O)N(C)Cc1ccccc1. The summed E-state index contributed by atoms with van der Waals surface area (Å²) in [7, 11) is 1.84. The van der Waals surface area contributed by atoms with E-state index in [2.05, 4.69) is 15.3 Å². The van der Waals surface area contributed by atoms with E-state index in [1.165, 1.54) is 0 Å². The molecule has 0 aliphatic carbocycles. The molecule has 0 saturated carbocycles. The zero-order valence-corrected chi connectivity index (χ0v) is 16.1. The van der Waals surface area contributed by atoms with Crippen molar-refractivity contribution in [1.82, 2.24) is 14.9 Å². The number of benzene rings is 1. The molecule has 1 aromatic heterocycles. The van der Waals surface area contributed by atoms with E-state index in [1.807, 2.05) is 63.5 Å². The van der Waals surface area contributed by atoms with E-state index in [4.69, 9.17) is 0 Å². The van der Waals surface area contributed by atoms with Crippen LogP contribution in [0.5, 0.6) is 0 Å². The third kappa shape index (κ3) is 6.05. The second-order valence-electron chi connectivity index (χ2n) is 6.13. The van der Waals surface area contributed by atoms with Crippen molar-refractivity contribution in [2.24, 2.45) is 0 Å². The van der Waals surface area contributed by atoms with E-state index < -0.39 is 0 Å². The number of anilines is 1. The predicted molar refractivity (Wildman–Crippen MR) is 105 cm³/mol. The zero-order valence-electron chi connectivity index (χ0n) is 15.3. The fourth-order valence-electron chi connectivity index (χ4n) is 2.64. The van der Waals surface area contributed by atoms with Crippen LogP contribution in [0.4, 0.5) is 5.95 Å². The van der Waals surface area contributed by atoms with Crippen LogP contribution in [-0.2, 0) is 11.3 Å². The Morgan fingerprint density at radius 2 is 1.84 bits per heavy atom. The average Bonchev–Trinajstić information content (AvgIpc) is 2.58. The van der Waals surface area contributed by atoms with Crippen molar-refractivity contribution in [3.05, 3.63) is 53.3 Å². The van der Waals surface area contributed by atoms with Gasteiger partial charge in [-0.05, 0) is 43.9 Å². The van der Waals surface area contributed by atoms with Crippen molar-refractivity contribution in [2.45, 2.75) is 32.9 Å². The minimum absolute atomic E-state index is 0.0562. The average molecular weight is 359 g/mol. The zero-order chi connectivity index (χ0) is 18.2. The molecule has 0 aliphatic rings. The minimum Gasteiger partial charge on any atom is -0.342 e. The van der Waals surface area contributed by atoms with Crippen LogP contribution in [-0.4, -0.2) is 45.9 Å². The van der Waals surface area contributed by atoms with Crippen molar-refractivity contribution in [3.8, 4) is 0 Å². The molecule has 1 N–H and O–H groups in total. The summed E-state index contributed by atoms with van der Waals surface area (Å²) in [5.74, 6) is 1.47. The fourth-order valence-corrected chi connectivity index (χ4v) is 3.11. The lowest BCUT2D eigenvalue weighted by molar-refractivity contribution is -0.131. The normalized spacial score (nSPS) is 11.8. The second-order valence-corrected chi connectivity index (χ2v) is 7.12. The van der Waals surface area contributed by atoms with Crippen LogP contribution in [0.3, 0.4) is 0 Å². The quantitative estimate of drug-likeness (QED) is 0.785. The van der Waals surface area contributed by atoms with Crippen LogP contribution >= 0.6 is 11.8 Å². The number of nitrogens with one attached hydrogen (secondary N) is 1. The van der Waals surface area contributed by atoms with Gasteiger partial charge in [0.1, 0.15) is 6.04 Å². The van der Waals surface area contributed by atoms with Gasteiger partial charge in [-0.1, -0.05) is 30.3 Å². The molecular weight excluding hydrogens is 332 g/mol. The van der Waals surface area contributed by atoms with Gasteiger partial charge in [0.05, 0.1) is 0 Å². The summed E-state index contributed by atoms with van der Waals surface area (Å²) >= 11 is 1.73. The second kappa shape index (κ2) is 9.42. The number of hydrogen-bond acceptors (Lipinski definition) is 5. The van der Waals surface area contributed by atoms with E-state index in [1.54, 1.807) is 16.7 Å². The Bertz CT molecular complexity index is 673. The van der Waals surface area contributed by atoms with Gasteiger partial charge >= 0.3 is 0 Å². The van der Waals surface area contributed by atoms with E-state index in [0.717, 1.165) is 29.1 Å². The molecule has 0 bridgehead atoms. The van der Waals surface area contributed by atoms with Crippen molar-refractivity contribution < 1.29 is 4.79 Å². The number of amides is 1. The molecule has 2 aromatic rings. The van der Waals surface area contributed by atoms with Crippen LogP contribution in [0.1, 0.15) is 23.4 Å². The largest absolute Gasteiger partial charge is 0.342 e. The van der Waals surface area contributed by atoms with Gasteiger partial charge in [0.25, 0.3) is 0 Å². The molecule has 0 saturated heterocycles. The molecule has 0 radical (unpaired) electrons. The summed E-state index contributed by atoms with van der Waals surface area (Å²) in [6.07, 6.45) is 2.78. The summed E-state index contributed by atoms with van der Waals surface area (Å²) < 4.78 is 0. The van der Waals surface area contributed by atoms with Crippen molar-refractivity contribution in [3.63, 3.8) is 0 Å². The van der Waals surface area contributed by atoms with Gasteiger partial charge in [-0.25, -0.2) is 9.97 Å².